The van der Waals surface area contributed by atoms with Gasteiger partial charge in [-0.1, -0.05) is 6.92 Å². The Morgan fingerprint density at radius 2 is 1.83 bits per heavy atom. The van der Waals surface area contributed by atoms with Gasteiger partial charge in [0.2, 0.25) is 0 Å². The summed E-state index contributed by atoms with van der Waals surface area (Å²) in [4.78, 5) is 28.5. The van der Waals surface area contributed by atoms with Crippen molar-refractivity contribution in [3.8, 4) is 0 Å². The second-order valence-electron chi connectivity index (χ2n) is 8.29. The molecule has 0 bridgehead atoms. The third-order valence-electron chi connectivity index (χ3n) is 5.00. The van der Waals surface area contributed by atoms with Gasteiger partial charge in [0.1, 0.15) is 5.60 Å². The zero-order valence-corrected chi connectivity index (χ0v) is 15.8. The minimum atomic E-state index is -0.483. The van der Waals surface area contributed by atoms with Crippen LogP contribution in [0.3, 0.4) is 0 Å². The molecule has 0 spiro atoms. The number of rotatable bonds is 1. The summed E-state index contributed by atoms with van der Waals surface area (Å²) in [5.41, 5.74) is -0.483. The van der Waals surface area contributed by atoms with E-state index < -0.39 is 5.60 Å². The molecule has 138 valence electrons. The Balaban J connectivity index is 2.10. The van der Waals surface area contributed by atoms with Crippen LogP contribution in [0.2, 0.25) is 0 Å². The van der Waals surface area contributed by atoms with Crippen molar-refractivity contribution < 1.29 is 14.3 Å². The molecule has 0 aromatic carbocycles. The molecule has 0 aromatic heterocycles. The molecule has 2 aliphatic heterocycles. The van der Waals surface area contributed by atoms with E-state index in [4.69, 9.17) is 4.74 Å². The molecule has 24 heavy (non-hydrogen) atoms. The van der Waals surface area contributed by atoms with Crippen LogP contribution in [0.15, 0.2) is 0 Å². The molecule has 0 saturated carbocycles. The van der Waals surface area contributed by atoms with Gasteiger partial charge in [-0.3, -0.25) is 0 Å². The Kier molecular flexibility index (Phi) is 5.99. The molecular weight excluding hydrogens is 306 g/mol. The van der Waals surface area contributed by atoms with Crippen LogP contribution in [-0.2, 0) is 4.74 Å². The van der Waals surface area contributed by atoms with Crippen LogP contribution in [0.5, 0.6) is 0 Å². The summed E-state index contributed by atoms with van der Waals surface area (Å²) in [5, 5.41) is 2.71. The molecule has 6 heteroatoms. The second-order valence-corrected chi connectivity index (χ2v) is 8.29. The van der Waals surface area contributed by atoms with Crippen LogP contribution in [0.1, 0.15) is 53.4 Å². The fourth-order valence-electron chi connectivity index (χ4n) is 3.86. The first-order valence-electron chi connectivity index (χ1n) is 9.17. The highest BCUT2D eigenvalue weighted by Crippen LogP contribution is 2.32. The first-order chi connectivity index (χ1) is 11.2. The lowest BCUT2D eigenvalue weighted by Gasteiger charge is -2.45. The molecule has 0 aromatic rings. The lowest BCUT2D eigenvalue weighted by atomic mass is 9.82. The average molecular weight is 339 g/mol. The van der Waals surface area contributed by atoms with Crippen molar-refractivity contribution in [2.45, 2.75) is 65.0 Å². The molecule has 0 radical (unpaired) electrons. The highest BCUT2D eigenvalue weighted by Gasteiger charge is 2.39. The fraction of sp³-hybridized carbons (Fsp3) is 0.889. The third-order valence-corrected chi connectivity index (χ3v) is 5.00. The van der Waals surface area contributed by atoms with Gasteiger partial charge in [0.25, 0.3) is 0 Å². The maximum absolute atomic E-state index is 12.7. The van der Waals surface area contributed by atoms with Crippen molar-refractivity contribution in [2.24, 2.45) is 11.8 Å². The molecule has 2 saturated heterocycles. The van der Waals surface area contributed by atoms with E-state index in [9.17, 15) is 9.59 Å². The number of hydrogen-bond donors (Lipinski definition) is 1. The molecule has 3 amide bonds. The van der Waals surface area contributed by atoms with E-state index in [0.29, 0.717) is 11.8 Å². The lowest BCUT2D eigenvalue weighted by molar-refractivity contribution is -0.0113. The van der Waals surface area contributed by atoms with Crippen LogP contribution in [0.4, 0.5) is 9.59 Å². The largest absolute Gasteiger partial charge is 0.444 e. The summed E-state index contributed by atoms with van der Waals surface area (Å²) < 4.78 is 5.64. The molecule has 2 rings (SSSR count). The maximum atomic E-state index is 12.7. The van der Waals surface area contributed by atoms with Crippen molar-refractivity contribution in [3.63, 3.8) is 0 Å². The van der Waals surface area contributed by atoms with E-state index in [2.05, 4.69) is 12.2 Å². The average Bonchev–Trinajstić information content (AvgIpc) is 2.52. The van der Waals surface area contributed by atoms with Crippen molar-refractivity contribution in [1.82, 2.24) is 15.1 Å². The SMILES string of the molecule is CNC(=O)N1CCCC(C2CCC(C)CN2C(=O)OC(C)(C)C)C1. The number of nitrogens with zero attached hydrogens (tertiary/aromatic N) is 2. The number of carbonyl (C=O) groups is 2. The van der Waals surface area contributed by atoms with Crippen LogP contribution in [0, 0.1) is 11.8 Å². The summed E-state index contributed by atoms with van der Waals surface area (Å²) in [6.45, 7) is 10.2. The van der Waals surface area contributed by atoms with E-state index in [1.54, 1.807) is 7.05 Å². The van der Waals surface area contributed by atoms with Crippen molar-refractivity contribution in [1.29, 1.82) is 0 Å². The molecule has 2 aliphatic rings. The lowest BCUT2D eigenvalue weighted by Crippen LogP contribution is -2.55. The zero-order valence-electron chi connectivity index (χ0n) is 15.8. The number of carbonyl (C=O) groups excluding carboxylic acids is 2. The number of amides is 3. The van der Waals surface area contributed by atoms with Gasteiger partial charge in [-0.25, -0.2) is 9.59 Å². The monoisotopic (exact) mass is 339 g/mol. The number of ether oxygens (including phenoxy) is 1. The number of nitrogens with one attached hydrogen (secondary N) is 1. The first-order valence-corrected chi connectivity index (χ1v) is 9.17. The number of hydrogen-bond acceptors (Lipinski definition) is 3. The molecule has 1 N–H and O–H groups in total. The van der Waals surface area contributed by atoms with Gasteiger partial charge in [0.05, 0.1) is 0 Å². The van der Waals surface area contributed by atoms with E-state index in [0.717, 1.165) is 45.3 Å². The Morgan fingerprint density at radius 1 is 1.12 bits per heavy atom. The van der Waals surface area contributed by atoms with Gasteiger partial charge < -0.3 is 19.9 Å². The van der Waals surface area contributed by atoms with Crippen molar-refractivity contribution >= 4 is 12.1 Å². The Morgan fingerprint density at radius 3 is 2.46 bits per heavy atom. The molecule has 3 atom stereocenters. The van der Waals surface area contributed by atoms with Crippen LogP contribution >= 0.6 is 0 Å². The van der Waals surface area contributed by atoms with Gasteiger partial charge in [0, 0.05) is 32.7 Å². The van der Waals surface area contributed by atoms with Gasteiger partial charge in [-0.2, -0.15) is 0 Å². The summed E-state index contributed by atoms with van der Waals surface area (Å²) in [7, 11) is 1.67. The zero-order chi connectivity index (χ0) is 17.9. The quantitative estimate of drug-likeness (QED) is 0.798. The molecule has 3 unspecified atom stereocenters. The van der Waals surface area contributed by atoms with E-state index in [-0.39, 0.29) is 18.2 Å². The number of piperidine rings is 2. The van der Waals surface area contributed by atoms with E-state index in [1.165, 1.54) is 0 Å². The smallest absolute Gasteiger partial charge is 0.410 e. The number of likely N-dealkylation sites (tertiary alicyclic amines) is 2. The van der Waals surface area contributed by atoms with E-state index in [1.807, 2.05) is 30.6 Å². The minimum absolute atomic E-state index is 0.0207. The summed E-state index contributed by atoms with van der Waals surface area (Å²) >= 11 is 0. The highest BCUT2D eigenvalue weighted by molar-refractivity contribution is 5.74. The molecule has 6 nitrogen and oxygen atoms in total. The second kappa shape index (κ2) is 7.62. The molecule has 0 aliphatic carbocycles. The van der Waals surface area contributed by atoms with Crippen molar-refractivity contribution in [2.75, 3.05) is 26.7 Å². The third kappa shape index (κ3) is 4.77. The minimum Gasteiger partial charge on any atom is -0.444 e. The Hall–Kier alpha value is -1.46. The summed E-state index contributed by atoms with van der Waals surface area (Å²) in [5.74, 6) is 0.823. The molecular formula is C18H33N3O3. The fourth-order valence-corrected chi connectivity index (χ4v) is 3.86. The standard InChI is InChI=1S/C18H33N3O3/c1-13-8-9-15(21(11-13)17(23)24-18(2,3)4)14-7-6-10-20(12-14)16(22)19-5/h13-15H,6-12H2,1-5H3,(H,19,22). The Labute approximate surface area is 145 Å². The van der Waals surface area contributed by atoms with Gasteiger partial charge in [0.15, 0.2) is 0 Å². The normalized spacial score (nSPS) is 28.5. The topological polar surface area (TPSA) is 61.9 Å². The van der Waals surface area contributed by atoms with Crippen LogP contribution in [0.25, 0.3) is 0 Å². The molecule has 2 fully saturated rings. The maximum Gasteiger partial charge on any atom is 0.410 e. The van der Waals surface area contributed by atoms with E-state index >= 15 is 0 Å². The van der Waals surface area contributed by atoms with Gasteiger partial charge >= 0.3 is 12.1 Å². The summed E-state index contributed by atoms with van der Waals surface area (Å²) in [6, 6.07) is 0.149. The summed E-state index contributed by atoms with van der Waals surface area (Å²) in [6.07, 6.45) is 3.96. The highest BCUT2D eigenvalue weighted by atomic mass is 16.6. The van der Waals surface area contributed by atoms with Crippen LogP contribution in [-0.4, -0.2) is 60.2 Å². The first kappa shape index (κ1) is 18.9. The number of urea groups is 1. The predicted molar refractivity (Wildman–Crippen MR) is 93.9 cm³/mol. The van der Waals surface area contributed by atoms with Gasteiger partial charge in [-0.05, 0) is 58.3 Å². The molecule has 2 heterocycles. The van der Waals surface area contributed by atoms with Crippen LogP contribution < -0.4 is 5.32 Å². The van der Waals surface area contributed by atoms with Gasteiger partial charge in [-0.15, -0.1) is 0 Å². The predicted octanol–water partition coefficient (Wildman–Crippen LogP) is 3.07. The Bertz CT molecular complexity index is 461. The van der Waals surface area contributed by atoms with Crippen molar-refractivity contribution in [3.05, 3.63) is 0 Å².